The molecule has 3 aliphatic heterocycles. The molecule has 14 nitrogen and oxygen atoms in total. The van der Waals surface area contributed by atoms with E-state index in [0.29, 0.717) is 33.8 Å². The predicted molar refractivity (Wildman–Crippen MR) is 252 cm³/mol. The number of nitrogens with zero attached hydrogens (tertiary/aromatic N) is 2. The Morgan fingerprint density at radius 3 is 2.07 bits per heavy atom. The van der Waals surface area contributed by atoms with E-state index in [9.17, 15) is 14.7 Å². The van der Waals surface area contributed by atoms with Gasteiger partial charge in [-0.2, -0.15) is 0 Å². The number of carbonyl (C=O) groups is 5. The van der Waals surface area contributed by atoms with Gasteiger partial charge in [0.2, 0.25) is 11.8 Å². The van der Waals surface area contributed by atoms with Gasteiger partial charge >= 0.3 is 18.0 Å². The van der Waals surface area contributed by atoms with Crippen molar-refractivity contribution in [3.8, 4) is 23.3 Å². The van der Waals surface area contributed by atoms with Crippen LogP contribution < -0.4 is 25.0 Å². The Bertz CT molecular complexity index is 2750. The van der Waals surface area contributed by atoms with Crippen molar-refractivity contribution in [3.05, 3.63) is 173 Å². The van der Waals surface area contributed by atoms with Crippen LogP contribution in [0.25, 0.3) is 0 Å². The number of benzene rings is 5. The number of nitrogens with one attached hydrogen (secondary N) is 2. The zero-order chi connectivity index (χ0) is 48.1. The lowest BCUT2D eigenvalue weighted by Crippen LogP contribution is -2.57. The Morgan fingerprint density at radius 2 is 1.46 bits per heavy atom. The summed E-state index contributed by atoms with van der Waals surface area (Å²) < 4.78 is 22.7. The molecule has 2 saturated heterocycles. The number of anilines is 1. The third-order valence-electron chi connectivity index (χ3n) is 12.8. The molecule has 3 N–H and O–H groups in total. The largest absolute Gasteiger partial charge is 0.497 e. The minimum Gasteiger partial charge on any atom is -0.497 e. The Kier molecular flexibility index (Phi) is 13.8. The van der Waals surface area contributed by atoms with Crippen molar-refractivity contribution in [2.75, 3.05) is 38.9 Å². The molecule has 0 aliphatic carbocycles. The number of cyclic esters (lactones) is 1. The highest BCUT2D eigenvalue weighted by atomic mass is 16.6. The first kappa shape index (κ1) is 46.8. The molecule has 0 saturated carbocycles. The summed E-state index contributed by atoms with van der Waals surface area (Å²) in [5.41, 5.74) is 1.29. The lowest BCUT2D eigenvalue weighted by atomic mass is 9.65. The highest BCUT2D eigenvalue weighted by Crippen LogP contribution is 2.66. The topological polar surface area (TPSA) is 173 Å². The van der Waals surface area contributed by atoms with Crippen molar-refractivity contribution < 1.29 is 48.0 Å². The number of ether oxygens (including phenoxy) is 4. The molecule has 4 amide bonds. The van der Waals surface area contributed by atoms with E-state index in [1.54, 1.807) is 87.7 Å². The number of aliphatic hydroxyl groups excluding tert-OH is 1. The molecule has 5 aromatic rings. The van der Waals surface area contributed by atoms with Crippen molar-refractivity contribution in [1.29, 1.82) is 0 Å². The maximum atomic E-state index is 16.5. The van der Waals surface area contributed by atoms with Crippen LogP contribution in [0, 0.1) is 23.7 Å². The molecule has 0 aromatic heterocycles. The van der Waals surface area contributed by atoms with Gasteiger partial charge in [-0.15, -0.1) is 6.58 Å². The highest BCUT2D eigenvalue weighted by Gasteiger charge is 2.75. The fraction of sp³-hybridized carbons (Fsp3) is 0.278. The van der Waals surface area contributed by atoms with Gasteiger partial charge < -0.3 is 34.7 Å². The summed E-state index contributed by atoms with van der Waals surface area (Å²) in [4.78, 5) is 78.1. The first-order valence-corrected chi connectivity index (χ1v) is 22.3. The van der Waals surface area contributed by atoms with Gasteiger partial charge in [0.05, 0.1) is 44.5 Å². The van der Waals surface area contributed by atoms with Crippen LogP contribution in [0.3, 0.4) is 0 Å². The quantitative estimate of drug-likeness (QED) is 0.0684. The lowest BCUT2D eigenvalue weighted by Gasteiger charge is -2.46. The van der Waals surface area contributed by atoms with Gasteiger partial charge in [-0.1, -0.05) is 105 Å². The molecule has 14 heteroatoms. The monoisotopic (exact) mass is 916 g/mol. The van der Waals surface area contributed by atoms with Gasteiger partial charge in [-0.05, 0) is 82.8 Å². The zero-order valence-corrected chi connectivity index (χ0v) is 38.1. The highest BCUT2D eigenvalue weighted by molar-refractivity contribution is 6.25. The van der Waals surface area contributed by atoms with Gasteiger partial charge in [0.25, 0.3) is 0 Å². The van der Waals surface area contributed by atoms with Crippen LogP contribution in [-0.4, -0.2) is 85.9 Å². The molecule has 3 heterocycles. The minimum atomic E-state index is -2.08. The number of morpholine rings is 1. The van der Waals surface area contributed by atoms with Crippen molar-refractivity contribution in [1.82, 2.24) is 15.5 Å². The Labute approximate surface area is 394 Å². The van der Waals surface area contributed by atoms with Crippen LogP contribution in [0.2, 0.25) is 0 Å². The fourth-order valence-electron chi connectivity index (χ4n) is 9.82. The Morgan fingerprint density at radius 1 is 0.824 bits per heavy atom. The van der Waals surface area contributed by atoms with Crippen LogP contribution in [0.5, 0.6) is 11.5 Å². The first-order valence-electron chi connectivity index (χ1n) is 22.3. The van der Waals surface area contributed by atoms with E-state index in [1.807, 2.05) is 65.6 Å². The van der Waals surface area contributed by atoms with E-state index < -0.39 is 77.3 Å². The summed E-state index contributed by atoms with van der Waals surface area (Å²) in [6.45, 7) is 7.05. The fourth-order valence-corrected chi connectivity index (χ4v) is 9.82. The van der Waals surface area contributed by atoms with E-state index in [1.165, 1.54) is 13.2 Å². The predicted octanol–water partition coefficient (Wildman–Crippen LogP) is 6.34. The minimum absolute atomic E-state index is 0.0166. The average Bonchev–Trinajstić information content (AvgIpc) is 3.82. The molecule has 0 unspecified atom stereocenters. The van der Waals surface area contributed by atoms with Crippen LogP contribution in [-0.2, 0) is 34.1 Å². The first-order chi connectivity index (χ1) is 33.0. The second-order valence-corrected chi connectivity index (χ2v) is 17.0. The summed E-state index contributed by atoms with van der Waals surface area (Å²) >= 11 is 0. The number of amides is 4. The van der Waals surface area contributed by atoms with Gasteiger partial charge in [0.15, 0.2) is 0 Å². The smallest absolute Gasteiger partial charge is 0.329 e. The summed E-state index contributed by atoms with van der Waals surface area (Å²) in [5, 5.41) is 15.2. The molecule has 2 fully saturated rings. The lowest BCUT2D eigenvalue weighted by molar-refractivity contribution is -0.178. The summed E-state index contributed by atoms with van der Waals surface area (Å²) in [7, 11) is 2.78. The molecular formula is C54H52N4O10. The van der Waals surface area contributed by atoms with Crippen LogP contribution in [0.1, 0.15) is 65.4 Å². The maximum Gasteiger partial charge on any atom is 0.329 e. The number of aliphatic hydroxyl groups is 1. The van der Waals surface area contributed by atoms with Gasteiger partial charge in [0, 0.05) is 17.7 Å². The zero-order valence-electron chi connectivity index (χ0n) is 38.1. The molecule has 68 heavy (non-hydrogen) atoms. The number of imide groups is 1. The van der Waals surface area contributed by atoms with Gasteiger partial charge in [-0.3, -0.25) is 19.3 Å². The number of hydrogen-bond acceptors (Lipinski definition) is 11. The standard InChI is InChI=1S/C54H52N4O10/c1-6-29-55-49(60)43-46-51(62)68-47(37-15-11-8-12-16-37)45(36-13-9-7-10-14-36)58(46)48(38-22-26-40(27-23-38)67-31-30-59)54(43)41-32-35(18-17-34-19-24-39(65-4)25-20-34)21-28-42(41)57(52(54)63)53(64)56-44(33(2)3)50(61)66-5/h6-16,19-28,32-33,43-48,59H,1,29-31H2,2-5H3,(H,55,60)(H,56,64)/t43-,44-,45-,46-,47+,48+,54-/m0/s1. The van der Waals surface area contributed by atoms with E-state index >= 15 is 14.4 Å². The van der Waals surface area contributed by atoms with Crippen LogP contribution in [0.15, 0.2) is 140 Å². The average molecular weight is 917 g/mol. The summed E-state index contributed by atoms with van der Waals surface area (Å²) in [6, 6.07) is 32.2. The third kappa shape index (κ3) is 8.46. The van der Waals surface area contributed by atoms with Gasteiger partial charge in [0.1, 0.15) is 41.7 Å². The van der Waals surface area contributed by atoms with E-state index in [4.69, 9.17) is 18.9 Å². The Balaban J connectivity index is 1.45. The molecule has 1 spiro atoms. The Hall–Kier alpha value is -7.73. The number of hydrogen-bond donors (Lipinski definition) is 3. The number of fused-ring (bicyclic) bond motifs is 3. The second kappa shape index (κ2) is 20.0. The molecule has 348 valence electrons. The van der Waals surface area contributed by atoms with E-state index in [-0.39, 0.29) is 31.0 Å². The normalized spacial score (nSPS) is 22.0. The number of rotatable bonds is 13. The number of urea groups is 1. The molecule has 5 aromatic carbocycles. The number of esters is 2. The van der Waals surface area contributed by atoms with Crippen molar-refractivity contribution >= 4 is 35.5 Å². The molecule has 3 aliphatic rings. The van der Waals surface area contributed by atoms with E-state index in [0.717, 1.165) is 10.5 Å². The SMILES string of the molecule is C=CCNC(=O)[C@@H]1[C@H]2C(=O)O[C@H](c3ccccc3)[C@H](c3ccccc3)N2[C@H](c2ccc(OCCO)cc2)[C@@]12C(=O)N(C(=O)N[C@H](C(=O)OC)C(C)C)c1ccc(C#Cc3ccc(OC)cc3)cc12. The van der Waals surface area contributed by atoms with Crippen molar-refractivity contribution in [3.63, 3.8) is 0 Å². The molecule has 7 atom stereocenters. The number of methoxy groups -OCH3 is 2. The van der Waals surface area contributed by atoms with Gasteiger partial charge in [-0.25, -0.2) is 14.5 Å². The summed E-state index contributed by atoms with van der Waals surface area (Å²) in [6.07, 6.45) is 0.556. The number of carbonyl (C=O) groups excluding carboxylic acids is 5. The molecule has 0 bridgehead atoms. The van der Waals surface area contributed by atoms with Crippen LogP contribution >= 0.6 is 0 Å². The van der Waals surface area contributed by atoms with Crippen molar-refractivity contribution in [2.45, 2.75) is 49.5 Å². The maximum absolute atomic E-state index is 16.5. The van der Waals surface area contributed by atoms with E-state index in [2.05, 4.69) is 29.1 Å². The molecule has 0 radical (unpaired) electrons. The summed E-state index contributed by atoms with van der Waals surface area (Å²) in [5.74, 6) is 2.49. The van der Waals surface area contributed by atoms with Crippen molar-refractivity contribution in [2.24, 2.45) is 11.8 Å². The molecular weight excluding hydrogens is 865 g/mol. The van der Waals surface area contributed by atoms with Crippen LogP contribution in [0.4, 0.5) is 10.5 Å². The second-order valence-electron chi connectivity index (χ2n) is 17.0. The molecule has 8 rings (SSSR count). The third-order valence-corrected chi connectivity index (χ3v) is 12.8.